The van der Waals surface area contributed by atoms with Gasteiger partial charge in [0, 0.05) is 0 Å². The predicted octanol–water partition coefficient (Wildman–Crippen LogP) is 4.03. The van der Waals surface area contributed by atoms with Crippen molar-refractivity contribution in [2.45, 2.75) is 59.0 Å². The number of aliphatic hydroxyl groups is 1. The molecule has 1 aromatic rings. The highest BCUT2D eigenvalue weighted by Gasteiger charge is 2.25. The lowest BCUT2D eigenvalue weighted by Crippen LogP contribution is -2.27. The molecule has 1 aliphatic rings. The second-order valence-corrected chi connectivity index (χ2v) is 6.22. The highest BCUT2D eigenvalue weighted by atomic mass is 16.3. The van der Waals surface area contributed by atoms with E-state index in [9.17, 15) is 5.11 Å². The first-order valence-corrected chi connectivity index (χ1v) is 7.30. The third-order valence-corrected chi connectivity index (χ3v) is 4.54. The first-order valence-electron chi connectivity index (χ1n) is 7.30. The van der Waals surface area contributed by atoms with Gasteiger partial charge in [0.25, 0.3) is 0 Å². The molecule has 1 N–H and O–H groups in total. The van der Waals surface area contributed by atoms with Crippen LogP contribution in [0.2, 0.25) is 0 Å². The maximum atomic E-state index is 10.4. The quantitative estimate of drug-likeness (QED) is 0.853. The van der Waals surface area contributed by atoms with Crippen LogP contribution in [0.1, 0.15) is 49.3 Å². The van der Waals surface area contributed by atoms with Crippen molar-refractivity contribution in [3.05, 3.63) is 34.9 Å². The van der Waals surface area contributed by atoms with Gasteiger partial charge in [-0.3, -0.25) is 0 Å². The maximum Gasteiger partial charge on any atom is 0.0608 e. The molecule has 3 unspecified atom stereocenters. The van der Waals surface area contributed by atoms with E-state index in [1.807, 2.05) is 0 Å². The van der Waals surface area contributed by atoms with Gasteiger partial charge in [0.2, 0.25) is 0 Å². The molecule has 0 saturated heterocycles. The van der Waals surface area contributed by atoms with Crippen molar-refractivity contribution < 1.29 is 5.11 Å². The minimum absolute atomic E-state index is 0.158. The van der Waals surface area contributed by atoms with Crippen molar-refractivity contribution >= 4 is 0 Å². The number of hydrogen-bond acceptors (Lipinski definition) is 1. The summed E-state index contributed by atoms with van der Waals surface area (Å²) in [6.45, 7) is 6.60. The molecule has 0 bridgehead atoms. The van der Waals surface area contributed by atoms with E-state index < -0.39 is 0 Å². The van der Waals surface area contributed by atoms with Crippen LogP contribution in [0.15, 0.2) is 18.2 Å². The third kappa shape index (κ3) is 3.35. The van der Waals surface area contributed by atoms with Gasteiger partial charge >= 0.3 is 0 Å². The van der Waals surface area contributed by atoms with Crippen LogP contribution in [0, 0.1) is 25.7 Å². The summed E-state index contributed by atoms with van der Waals surface area (Å²) >= 11 is 0. The Bertz CT molecular complexity index is 397. The zero-order valence-electron chi connectivity index (χ0n) is 11.9. The Morgan fingerprint density at radius 1 is 1.22 bits per heavy atom. The number of hydrogen-bond donors (Lipinski definition) is 1. The zero-order chi connectivity index (χ0) is 13.1. The molecule has 0 spiro atoms. The molecule has 18 heavy (non-hydrogen) atoms. The fourth-order valence-electron chi connectivity index (χ4n) is 3.17. The Morgan fingerprint density at radius 3 is 2.67 bits per heavy atom. The zero-order valence-corrected chi connectivity index (χ0v) is 11.9. The van der Waals surface area contributed by atoms with Crippen LogP contribution >= 0.6 is 0 Å². The molecule has 1 fully saturated rings. The topological polar surface area (TPSA) is 20.2 Å². The predicted molar refractivity (Wildman–Crippen MR) is 76.7 cm³/mol. The molecule has 1 heteroatoms. The second kappa shape index (κ2) is 5.88. The van der Waals surface area contributed by atoms with Crippen molar-refractivity contribution in [3.8, 4) is 0 Å². The molecule has 3 atom stereocenters. The van der Waals surface area contributed by atoms with E-state index >= 15 is 0 Å². The molecular weight excluding hydrogens is 220 g/mol. The summed E-state index contributed by atoms with van der Waals surface area (Å²) in [6, 6.07) is 6.56. The lowest BCUT2D eigenvalue weighted by Gasteiger charge is -2.30. The highest BCUT2D eigenvalue weighted by Crippen LogP contribution is 2.31. The van der Waals surface area contributed by atoms with Gasteiger partial charge in [0.05, 0.1) is 6.10 Å². The maximum absolute atomic E-state index is 10.4. The standard InChI is InChI=1S/C17H26O/c1-12-5-4-6-16(9-12)17(18)11-15-8-7-13(2)14(3)10-15/h7-8,10,12,16-18H,4-6,9,11H2,1-3H3. The number of aliphatic hydroxyl groups excluding tert-OH is 1. The fraction of sp³-hybridized carbons (Fsp3) is 0.647. The van der Waals surface area contributed by atoms with E-state index in [2.05, 4.69) is 39.0 Å². The Labute approximate surface area is 111 Å². The van der Waals surface area contributed by atoms with Crippen LogP contribution in [-0.2, 0) is 6.42 Å². The highest BCUT2D eigenvalue weighted by molar-refractivity contribution is 5.30. The van der Waals surface area contributed by atoms with Gasteiger partial charge in [-0.25, -0.2) is 0 Å². The van der Waals surface area contributed by atoms with E-state index in [1.165, 1.54) is 42.4 Å². The van der Waals surface area contributed by atoms with Gasteiger partial charge in [-0.15, -0.1) is 0 Å². The van der Waals surface area contributed by atoms with Crippen LogP contribution in [0.5, 0.6) is 0 Å². The van der Waals surface area contributed by atoms with Gasteiger partial charge < -0.3 is 5.11 Å². The largest absolute Gasteiger partial charge is 0.392 e. The van der Waals surface area contributed by atoms with Crippen molar-refractivity contribution in [2.24, 2.45) is 11.8 Å². The Kier molecular flexibility index (Phi) is 4.45. The normalized spacial score (nSPS) is 26.0. The monoisotopic (exact) mass is 246 g/mol. The number of aryl methyl sites for hydroxylation is 2. The van der Waals surface area contributed by atoms with Crippen molar-refractivity contribution in [1.29, 1.82) is 0 Å². The molecule has 1 aliphatic carbocycles. The fourth-order valence-corrected chi connectivity index (χ4v) is 3.17. The molecule has 2 rings (SSSR count). The molecule has 0 heterocycles. The Balaban J connectivity index is 1.97. The number of benzene rings is 1. The van der Waals surface area contributed by atoms with E-state index in [0.717, 1.165) is 12.3 Å². The van der Waals surface area contributed by atoms with E-state index in [1.54, 1.807) is 0 Å². The smallest absolute Gasteiger partial charge is 0.0608 e. The van der Waals surface area contributed by atoms with Gasteiger partial charge in [0.15, 0.2) is 0 Å². The second-order valence-electron chi connectivity index (χ2n) is 6.22. The van der Waals surface area contributed by atoms with Gasteiger partial charge in [-0.1, -0.05) is 38.0 Å². The summed E-state index contributed by atoms with van der Waals surface area (Å²) in [6.07, 6.45) is 5.69. The third-order valence-electron chi connectivity index (χ3n) is 4.54. The van der Waals surface area contributed by atoms with E-state index in [4.69, 9.17) is 0 Å². The molecule has 100 valence electrons. The first-order chi connectivity index (χ1) is 8.56. The Hall–Kier alpha value is -0.820. The molecule has 1 aromatic carbocycles. The summed E-state index contributed by atoms with van der Waals surface area (Å²) in [5, 5.41) is 10.4. The van der Waals surface area contributed by atoms with Crippen molar-refractivity contribution in [1.82, 2.24) is 0 Å². The molecule has 0 radical (unpaired) electrons. The SMILES string of the molecule is Cc1ccc(CC(O)C2CCCC(C)C2)cc1C. The minimum atomic E-state index is -0.158. The molecule has 1 saturated carbocycles. The minimum Gasteiger partial charge on any atom is -0.392 e. The summed E-state index contributed by atoms with van der Waals surface area (Å²) < 4.78 is 0. The van der Waals surface area contributed by atoms with E-state index in [-0.39, 0.29) is 6.10 Å². The molecular formula is C17H26O. The summed E-state index contributed by atoms with van der Waals surface area (Å²) in [4.78, 5) is 0. The molecule has 0 amide bonds. The van der Waals surface area contributed by atoms with Crippen LogP contribution < -0.4 is 0 Å². The first kappa shape index (κ1) is 13.6. The van der Waals surface area contributed by atoms with Gasteiger partial charge in [0.1, 0.15) is 0 Å². The summed E-state index contributed by atoms with van der Waals surface area (Å²) in [5.41, 5.74) is 3.94. The Morgan fingerprint density at radius 2 is 2.00 bits per heavy atom. The lowest BCUT2D eigenvalue weighted by molar-refractivity contribution is 0.0720. The lowest BCUT2D eigenvalue weighted by atomic mass is 9.78. The summed E-state index contributed by atoms with van der Waals surface area (Å²) in [5.74, 6) is 1.30. The molecule has 0 aromatic heterocycles. The summed E-state index contributed by atoms with van der Waals surface area (Å²) in [7, 11) is 0. The average Bonchev–Trinajstić information content (AvgIpc) is 2.34. The van der Waals surface area contributed by atoms with Crippen molar-refractivity contribution in [3.63, 3.8) is 0 Å². The molecule has 0 aliphatic heterocycles. The number of rotatable bonds is 3. The molecule has 1 nitrogen and oxygen atoms in total. The van der Waals surface area contributed by atoms with Gasteiger partial charge in [-0.2, -0.15) is 0 Å². The van der Waals surface area contributed by atoms with Crippen molar-refractivity contribution in [2.75, 3.05) is 0 Å². The van der Waals surface area contributed by atoms with E-state index in [0.29, 0.717) is 5.92 Å². The van der Waals surface area contributed by atoms with Crippen LogP contribution in [-0.4, -0.2) is 11.2 Å². The average molecular weight is 246 g/mol. The van der Waals surface area contributed by atoms with Crippen LogP contribution in [0.3, 0.4) is 0 Å². The van der Waals surface area contributed by atoms with Gasteiger partial charge in [-0.05, 0) is 61.6 Å². The van der Waals surface area contributed by atoms with Crippen LogP contribution in [0.25, 0.3) is 0 Å². The van der Waals surface area contributed by atoms with Crippen LogP contribution in [0.4, 0.5) is 0 Å².